The Morgan fingerprint density at radius 2 is 1.76 bits per heavy atom. The molecule has 0 bridgehead atoms. The van der Waals surface area contributed by atoms with Gasteiger partial charge in [0, 0.05) is 37.3 Å². The average molecular weight is 448 g/mol. The number of hydrogen-bond acceptors (Lipinski definition) is 4. The quantitative estimate of drug-likeness (QED) is 0.428. The van der Waals surface area contributed by atoms with Crippen LogP contribution >= 0.6 is 0 Å². The van der Waals surface area contributed by atoms with Gasteiger partial charge in [-0.2, -0.15) is 0 Å². The Labute approximate surface area is 192 Å². The molecule has 1 N–H and O–H groups in total. The number of aryl methyl sites for hydroxylation is 1. The maximum absolute atomic E-state index is 13.2. The first kappa shape index (κ1) is 22.3. The number of pyridine rings is 1. The summed E-state index contributed by atoms with van der Waals surface area (Å²) in [6, 6.07) is 15.7. The number of nitrogens with one attached hydrogen (secondary N) is 1. The van der Waals surface area contributed by atoms with Crippen LogP contribution < -0.4 is 14.8 Å². The van der Waals surface area contributed by atoms with Gasteiger partial charge in [0.15, 0.2) is 0 Å². The van der Waals surface area contributed by atoms with Gasteiger partial charge in [0.1, 0.15) is 23.0 Å². The van der Waals surface area contributed by atoms with E-state index in [1.165, 1.54) is 12.1 Å². The van der Waals surface area contributed by atoms with Gasteiger partial charge in [0.05, 0.1) is 19.9 Å². The van der Waals surface area contributed by atoms with Gasteiger partial charge in [0.2, 0.25) is 5.91 Å². The van der Waals surface area contributed by atoms with Crippen molar-refractivity contribution in [1.29, 1.82) is 0 Å². The first-order chi connectivity index (χ1) is 16.0. The Kier molecular flexibility index (Phi) is 6.58. The smallest absolute Gasteiger partial charge is 0.221 e. The molecule has 0 saturated heterocycles. The summed E-state index contributed by atoms with van der Waals surface area (Å²) >= 11 is 0. The Morgan fingerprint density at radius 1 is 1.06 bits per heavy atom. The Hall–Kier alpha value is -3.87. The predicted molar refractivity (Wildman–Crippen MR) is 124 cm³/mol. The highest BCUT2D eigenvalue weighted by Crippen LogP contribution is 2.34. The number of imidazole rings is 1. The number of carbonyl (C=O) groups excluding carboxylic acids is 1. The van der Waals surface area contributed by atoms with Crippen molar-refractivity contribution in [2.24, 2.45) is 0 Å². The second-order valence-corrected chi connectivity index (χ2v) is 7.92. The van der Waals surface area contributed by atoms with Crippen LogP contribution in [-0.4, -0.2) is 29.5 Å². The fourth-order valence-corrected chi connectivity index (χ4v) is 3.84. The molecule has 4 aromatic rings. The van der Waals surface area contributed by atoms with Crippen LogP contribution in [0.2, 0.25) is 0 Å². The summed E-state index contributed by atoms with van der Waals surface area (Å²) in [7, 11) is 3.19. The van der Waals surface area contributed by atoms with Crippen molar-refractivity contribution in [2.75, 3.05) is 14.2 Å². The van der Waals surface area contributed by atoms with Crippen LogP contribution in [0.25, 0.3) is 5.65 Å². The first-order valence-electron chi connectivity index (χ1n) is 10.6. The normalized spacial score (nSPS) is 11.9. The van der Waals surface area contributed by atoms with E-state index in [2.05, 4.69) is 10.3 Å². The minimum Gasteiger partial charge on any atom is -0.497 e. The lowest BCUT2D eigenvalue weighted by Gasteiger charge is -2.19. The topological polar surface area (TPSA) is 64.9 Å². The average Bonchev–Trinajstić information content (AvgIpc) is 3.24. The van der Waals surface area contributed by atoms with Crippen molar-refractivity contribution in [2.45, 2.75) is 25.8 Å². The third-order valence-electron chi connectivity index (χ3n) is 5.62. The van der Waals surface area contributed by atoms with Gasteiger partial charge in [-0.15, -0.1) is 0 Å². The molecule has 1 unspecified atom stereocenters. The zero-order valence-corrected chi connectivity index (χ0v) is 18.8. The molecule has 0 fully saturated rings. The van der Waals surface area contributed by atoms with Gasteiger partial charge in [0.25, 0.3) is 0 Å². The number of hydrogen-bond donors (Lipinski definition) is 1. The maximum Gasteiger partial charge on any atom is 0.221 e. The molecule has 0 radical (unpaired) electrons. The third kappa shape index (κ3) is 5.14. The lowest BCUT2D eigenvalue weighted by atomic mass is 9.91. The molecular weight excluding hydrogens is 421 g/mol. The van der Waals surface area contributed by atoms with E-state index in [9.17, 15) is 9.18 Å². The molecule has 6 nitrogen and oxygen atoms in total. The summed E-state index contributed by atoms with van der Waals surface area (Å²) < 4.78 is 26.1. The van der Waals surface area contributed by atoms with Crippen molar-refractivity contribution in [3.05, 3.63) is 95.2 Å². The molecule has 1 atom stereocenters. The molecule has 2 aromatic heterocycles. The van der Waals surface area contributed by atoms with Gasteiger partial charge >= 0.3 is 0 Å². The number of amides is 1. The monoisotopic (exact) mass is 447 g/mol. The van der Waals surface area contributed by atoms with Gasteiger partial charge in [-0.05, 0) is 60.0 Å². The molecule has 0 aliphatic carbocycles. The van der Waals surface area contributed by atoms with Crippen molar-refractivity contribution in [3.8, 4) is 11.5 Å². The van der Waals surface area contributed by atoms with Crippen LogP contribution in [0.15, 0.2) is 67.0 Å². The largest absolute Gasteiger partial charge is 0.497 e. The maximum atomic E-state index is 13.2. The van der Waals surface area contributed by atoms with E-state index < -0.39 is 0 Å². The molecule has 0 aliphatic heterocycles. The van der Waals surface area contributed by atoms with E-state index in [-0.39, 0.29) is 24.1 Å². The van der Waals surface area contributed by atoms with Gasteiger partial charge in [-0.1, -0.05) is 12.1 Å². The number of rotatable bonds is 8. The minimum absolute atomic E-state index is 0.131. The zero-order valence-electron chi connectivity index (χ0n) is 18.8. The van der Waals surface area contributed by atoms with Gasteiger partial charge in [-0.25, -0.2) is 9.37 Å². The van der Waals surface area contributed by atoms with Crippen LogP contribution in [0.1, 0.15) is 34.7 Å². The molecular formula is C26H26FN3O3. The molecule has 33 heavy (non-hydrogen) atoms. The number of methoxy groups -OCH3 is 2. The minimum atomic E-state index is -0.306. The van der Waals surface area contributed by atoms with Gasteiger partial charge < -0.3 is 19.2 Å². The highest BCUT2D eigenvalue weighted by Gasteiger charge is 2.23. The summed E-state index contributed by atoms with van der Waals surface area (Å²) in [6.45, 7) is 2.33. The van der Waals surface area contributed by atoms with Crippen molar-refractivity contribution < 1.29 is 18.7 Å². The fraction of sp³-hybridized carbons (Fsp3) is 0.231. The lowest BCUT2D eigenvalue weighted by molar-refractivity contribution is -0.121. The van der Waals surface area contributed by atoms with E-state index >= 15 is 0 Å². The molecule has 170 valence electrons. The standard InChI is InChI=1S/C26H26FN3O3/c1-17-8-9-30-24(16-28-25(30)10-17)23(19-11-21(32-2)13-22(12-19)33-3)14-26(31)29-15-18-4-6-20(27)7-5-18/h4-13,16,23H,14-15H2,1-3H3,(H,29,31). The van der Waals surface area contributed by atoms with Crippen LogP contribution in [0.4, 0.5) is 4.39 Å². The number of ether oxygens (including phenoxy) is 2. The van der Waals surface area contributed by atoms with E-state index in [1.54, 1.807) is 38.6 Å². The molecule has 0 aliphatic rings. The highest BCUT2D eigenvalue weighted by atomic mass is 19.1. The second kappa shape index (κ2) is 9.73. The van der Waals surface area contributed by atoms with E-state index in [0.29, 0.717) is 18.0 Å². The molecule has 0 spiro atoms. The van der Waals surface area contributed by atoms with Crippen molar-refractivity contribution in [3.63, 3.8) is 0 Å². The van der Waals surface area contributed by atoms with E-state index in [1.807, 2.05) is 41.8 Å². The van der Waals surface area contributed by atoms with Crippen LogP contribution in [-0.2, 0) is 11.3 Å². The molecule has 4 rings (SSSR count). The fourth-order valence-electron chi connectivity index (χ4n) is 3.84. The van der Waals surface area contributed by atoms with Crippen LogP contribution in [0.5, 0.6) is 11.5 Å². The first-order valence-corrected chi connectivity index (χ1v) is 10.6. The number of aromatic nitrogens is 2. The van der Waals surface area contributed by atoms with Crippen LogP contribution in [0.3, 0.4) is 0 Å². The number of fused-ring (bicyclic) bond motifs is 1. The number of carbonyl (C=O) groups is 1. The number of halogens is 1. The Morgan fingerprint density at radius 3 is 2.42 bits per heavy atom. The van der Waals surface area contributed by atoms with Crippen molar-refractivity contribution in [1.82, 2.24) is 14.7 Å². The third-order valence-corrected chi connectivity index (χ3v) is 5.62. The Bertz CT molecular complexity index is 1250. The van der Waals surface area contributed by atoms with E-state index in [0.717, 1.165) is 28.0 Å². The summed E-state index contributed by atoms with van der Waals surface area (Å²) in [5, 5.41) is 2.94. The van der Waals surface area contributed by atoms with Crippen molar-refractivity contribution >= 4 is 11.6 Å². The molecule has 7 heteroatoms. The van der Waals surface area contributed by atoms with Gasteiger partial charge in [-0.3, -0.25) is 4.79 Å². The summed E-state index contributed by atoms with van der Waals surface area (Å²) in [6.07, 6.45) is 3.96. The lowest BCUT2D eigenvalue weighted by Crippen LogP contribution is -2.25. The highest BCUT2D eigenvalue weighted by molar-refractivity contribution is 5.77. The summed E-state index contributed by atoms with van der Waals surface area (Å²) in [4.78, 5) is 17.5. The molecule has 2 heterocycles. The number of benzene rings is 2. The zero-order chi connectivity index (χ0) is 23.4. The van der Waals surface area contributed by atoms with E-state index in [4.69, 9.17) is 9.47 Å². The predicted octanol–water partition coefficient (Wildman–Crippen LogP) is 4.64. The summed E-state index contributed by atoms with van der Waals surface area (Å²) in [5.74, 6) is 0.560. The molecule has 1 amide bonds. The van der Waals surface area contributed by atoms with Crippen LogP contribution in [0, 0.1) is 12.7 Å². The number of nitrogens with zero attached hydrogens (tertiary/aromatic N) is 2. The SMILES string of the molecule is COc1cc(OC)cc(C(CC(=O)NCc2ccc(F)cc2)c2cnc3cc(C)ccn23)c1. The second-order valence-electron chi connectivity index (χ2n) is 7.92. The molecule has 0 saturated carbocycles. The Balaban J connectivity index is 1.66. The molecule has 2 aromatic carbocycles. The summed E-state index contributed by atoms with van der Waals surface area (Å²) in [5.41, 5.74) is 4.52.